The molecule has 3 aromatic rings. The van der Waals surface area contributed by atoms with Crippen molar-refractivity contribution in [2.45, 2.75) is 12.1 Å². The molecule has 0 aliphatic carbocycles. The first kappa shape index (κ1) is 17.4. The predicted octanol–water partition coefficient (Wildman–Crippen LogP) is 4.10. The van der Waals surface area contributed by atoms with Crippen LogP contribution in [0, 0.1) is 12.7 Å². The average Bonchev–Trinajstić information content (AvgIpc) is 3.04. The van der Waals surface area contributed by atoms with Gasteiger partial charge in [0, 0.05) is 0 Å². The van der Waals surface area contributed by atoms with Gasteiger partial charge in [-0.25, -0.2) is 4.39 Å². The molecule has 0 atom stereocenters. The Bertz CT molecular complexity index is 915. The Morgan fingerprint density at radius 2 is 2.12 bits per heavy atom. The number of rotatable bonds is 5. The molecule has 1 N–H and O–H groups in total. The molecule has 0 aliphatic heterocycles. The number of carbonyl (C=O) groups is 1. The van der Waals surface area contributed by atoms with Crippen molar-refractivity contribution >= 4 is 35.0 Å². The van der Waals surface area contributed by atoms with Crippen LogP contribution in [-0.4, -0.2) is 26.4 Å². The van der Waals surface area contributed by atoms with Crippen molar-refractivity contribution in [1.29, 1.82) is 0 Å². The van der Waals surface area contributed by atoms with Gasteiger partial charge in [-0.2, -0.15) is 0 Å². The van der Waals surface area contributed by atoms with Gasteiger partial charge in [-0.15, -0.1) is 10.2 Å². The van der Waals surface area contributed by atoms with Crippen molar-refractivity contribution in [3.63, 3.8) is 0 Å². The van der Waals surface area contributed by atoms with E-state index in [0.717, 1.165) is 17.3 Å². The molecule has 1 amide bonds. The topological polar surface area (TPSA) is 59.8 Å². The van der Waals surface area contributed by atoms with Crippen LogP contribution in [0.25, 0.3) is 5.69 Å². The normalized spacial score (nSPS) is 10.7. The number of benzene rings is 2. The fourth-order valence-corrected chi connectivity index (χ4v) is 3.17. The SMILES string of the molecule is Cc1ccccc1-n1cnnc1SCC(=O)Nc1ccc(F)cc1Cl. The molecule has 0 saturated heterocycles. The number of nitrogens with zero attached hydrogens (tertiary/aromatic N) is 3. The summed E-state index contributed by atoms with van der Waals surface area (Å²) in [6, 6.07) is 11.7. The summed E-state index contributed by atoms with van der Waals surface area (Å²) >= 11 is 7.16. The number of thioether (sulfide) groups is 1. The maximum Gasteiger partial charge on any atom is 0.234 e. The van der Waals surface area contributed by atoms with E-state index in [2.05, 4.69) is 15.5 Å². The van der Waals surface area contributed by atoms with E-state index in [0.29, 0.717) is 10.8 Å². The van der Waals surface area contributed by atoms with E-state index in [1.54, 1.807) is 6.33 Å². The van der Waals surface area contributed by atoms with E-state index in [1.165, 1.54) is 23.9 Å². The van der Waals surface area contributed by atoms with Gasteiger partial charge in [0.2, 0.25) is 5.91 Å². The lowest BCUT2D eigenvalue weighted by Gasteiger charge is -2.09. The maximum atomic E-state index is 13.0. The number of anilines is 1. The lowest BCUT2D eigenvalue weighted by atomic mass is 10.2. The highest BCUT2D eigenvalue weighted by Gasteiger charge is 2.12. The number of hydrogen-bond acceptors (Lipinski definition) is 4. The highest BCUT2D eigenvalue weighted by Crippen LogP contribution is 2.24. The van der Waals surface area contributed by atoms with Gasteiger partial charge in [-0.3, -0.25) is 9.36 Å². The zero-order chi connectivity index (χ0) is 17.8. The number of para-hydroxylation sites is 1. The summed E-state index contributed by atoms with van der Waals surface area (Å²) in [5, 5.41) is 11.4. The first-order chi connectivity index (χ1) is 12.0. The quantitative estimate of drug-likeness (QED) is 0.681. The Labute approximate surface area is 153 Å². The Morgan fingerprint density at radius 3 is 2.88 bits per heavy atom. The Hall–Kier alpha value is -2.38. The van der Waals surface area contributed by atoms with Crippen molar-refractivity contribution in [2.24, 2.45) is 0 Å². The second kappa shape index (κ2) is 7.67. The Balaban J connectivity index is 1.67. The van der Waals surface area contributed by atoms with Crippen LogP contribution in [0.15, 0.2) is 53.9 Å². The molecule has 25 heavy (non-hydrogen) atoms. The summed E-state index contributed by atoms with van der Waals surface area (Å²) < 4.78 is 14.9. The smallest absolute Gasteiger partial charge is 0.234 e. The fraction of sp³-hybridized carbons (Fsp3) is 0.118. The van der Waals surface area contributed by atoms with Crippen molar-refractivity contribution in [3.05, 3.63) is 65.2 Å². The van der Waals surface area contributed by atoms with E-state index >= 15 is 0 Å². The molecule has 5 nitrogen and oxygen atoms in total. The molecule has 8 heteroatoms. The van der Waals surface area contributed by atoms with Gasteiger partial charge >= 0.3 is 0 Å². The Morgan fingerprint density at radius 1 is 1.32 bits per heavy atom. The van der Waals surface area contributed by atoms with Gasteiger partial charge in [0.05, 0.1) is 22.2 Å². The number of nitrogens with one attached hydrogen (secondary N) is 1. The van der Waals surface area contributed by atoms with Crippen LogP contribution in [0.3, 0.4) is 0 Å². The number of aryl methyl sites for hydroxylation is 1. The van der Waals surface area contributed by atoms with Crippen LogP contribution < -0.4 is 5.32 Å². The molecule has 3 rings (SSSR count). The lowest BCUT2D eigenvalue weighted by molar-refractivity contribution is -0.113. The van der Waals surface area contributed by atoms with Crippen LogP contribution in [0.2, 0.25) is 5.02 Å². The zero-order valence-electron chi connectivity index (χ0n) is 13.2. The van der Waals surface area contributed by atoms with Crippen LogP contribution in [-0.2, 0) is 4.79 Å². The van der Waals surface area contributed by atoms with Crippen LogP contribution in [0.4, 0.5) is 10.1 Å². The highest BCUT2D eigenvalue weighted by molar-refractivity contribution is 7.99. The number of hydrogen-bond donors (Lipinski definition) is 1. The van der Waals surface area contributed by atoms with Crippen LogP contribution in [0.5, 0.6) is 0 Å². The van der Waals surface area contributed by atoms with E-state index in [9.17, 15) is 9.18 Å². The van der Waals surface area contributed by atoms with Crippen LogP contribution in [0.1, 0.15) is 5.56 Å². The molecular weight excluding hydrogens is 363 g/mol. The van der Waals surface area contributed by atoms with Gasteiger partial charge < -0.3 is 5.32 Å². The first-order valence-electron chi connectivity index (χ1n) is 7.38. The molecule has 1 aromatic heterocycles. The fourth-order valence-electron chi connectivity index (χ4n) is 2.23. The summed E-state index contributed by atoms with van der Waals surface area (Å²) in [6.45, 7) is 1.99. The molecule has 0 radical (unpaired) electrons. The average molecular weight is 377 g/mol. The second-order valence-electron chi connectivity index (χ2n) is 5.23. The monoisotopic (exact) mass is 376 g/mol. The van der Waals surface area contributed by atoms with E-state index in [-0.39, 0.29) is 16.7 Å². The second-order valence-corrected chi connectivity index (χ2v) is 6.58. The lowest BCUT2D eigenvalue weighted by Crippen LogP contribution is -2.15. The van der Waals surface area contributed by atoms with Gasteiger partial charge in [-0.1, -0.05) is 41.6 Å². The first-order valence-corrected chi connectivity index (χ1v) is 8.74. The number of halogens is 2. The molecular formula is C17H14ClFN4OS. The molecule has 0 fully saturated rings. The molecule has 0 aliphatic rings. The molecule has 2 aromatic carbocycles. The molecule has 1 heterocycles. The minimum absolute atomic E-state index is 0.123. The van der Waals surface area contributed by atoms with Gasteiger partial charge in [0.1, 0.15) is 12.1 Å². The third-order valence-electron chi connectivity index (χ3n) is 3.43. The van der Waals surface area contributed by atoms with E-state index in [4.69, 9.17) is 11.6 Å². The predicted molar refractivity (Wildman–Crippen MR) is 96.9 cm³/mol. The highest BCUT2D eigenvalue weighted by atomic mass is 35.5. The van der Waals surface area contributed by atoms with E-state index < -0.39 is 5.82 Å². The van der Waals surface area contributed by atoms with Gasteiger partial charge in [0.15, 0.2) is 5.16 Å². The Kier molecular flexibility index (Phi) is 5.35. The van der Waals surface area contributed by atoms with Gasteiger partial charge in [-0.05, 0) is 36.8 Å². The summed E-state index contributed by atoms with van der Waals surface area (Å²) in [5.74, 6) is -0.597. The summed E-state index contributed by atoms with van der Waals surface area (Å²) in [5.41, 5.74) is 2.40. The van der Waals surface area contributed by atoms with Crippen molar-refractivity contribution in [3.8, 4) is 5.69 Å². The standard InChI is InChI=1S/C17H14ClFN4OS/c1-11-4-2-3-5-15(11)23-10-20-22-17(23)25-9-16(24)21-14-7-6-12(19)8-13(14)18/h2-8,10H,9H2,1H3,(H,21,24). The third-order valence-corrected chi connectivity index (χ3v) is 4.68. The number of amides is 1. The number of aromatic nitrogens is 3. The zero-order valence-corrected chi connectivity index (χ0v) is 14.8. The maximum absolute atomic E-state index is 13.0. The molecule has 0 bridgehead atoms. The molecule has 0 spiro atoms. The minimum Gasteiger partial charge on any atom is -0.324 e. The summed E-state index contributed by atoms with van der Waals surface area (Å²) in [4.78, 5) is 12.1. The van der Waals surface area contributed by atoms with Gasteiger partial charge in [0.25, 0.3) is 0 Å². The van der Waals surface area contributed by atoms with Crippen molar-refractivity contribution in [2.75, 3.05) is 11.1 Å². The molecule has 128 valence electrons. The molecule has 0 unspecified atom stereocenters. The third kappa shape index (κ3) is 4.18. The minimum atomic E-state index is -0.455. The summed E-state index contributed by atoms with van der Waals surface area (Å²) in [7, 11) is 0. The van der Waals surface area contributed by atoms with Crippen molar-refractivity contribution in [1.82, 2.24) is 14.8 Å². The number of carbonyl (C=O) groups excluding carboxylic acids is 1. The van der Waals surface area contributed by atoms with Crippen LogP contribution >= 0.6 is 23.4 Å². The molecule has 0 saturated carbocycles. The summed E-state index contributed by atoms with van der Waals surface area (Å²) in [6.07, 6.45) is 1.61. The van der Waals surface area contributed by atoms with E-state index in [1.807, 2.05) is 35.8 Å². The largest absolute Gasteiger partial charge is 0.324 e. The van der Waals surface area contributed by atoms with Crippen molar-refractivity contribution < 1.29 is 9.18 Å².